The lowest BCUT2D eigenvalue weighted by Gasteiger charge is -2.42. The molecule has 186 valence electrons. The van der Waals surface area contributed by atoms with Gasteiger partial charge in [0.2, 0.25) is 11.8 Å². The van der Waals surface area contributed by atoms with Crippen molar-refractivity contribution in [1.29, 1.82) is 5.26 Å². The number of nitriles is 1. The molecule has 0 unspecified atom stereocenters. The Hall–Kier alpha value is -4.26. The number of hydrogen-bond acceptors (Lipinski definition) is 5. The lowest BCUT2D eigenvalue weighted by molar-refractivity contribution is -0.145. The first-order valence-corrected chi connectivity index (χ1v) is 11.5. The molecule has 1 aromatic heterocycles. The molecule has 3 N–H and O–H groups in total. The van der Waals surface area contributed by atoms with Crippen molar-refractivity contribution in [3.05, 3.63) is 65.1 Å². The van der Waals surface area contributed by atoms with E-state index in [4.69, 9.17) is 11.0 Å². The number of primary amides is 1. The number of nitrogens with zero attached hydrogens (tertiary/aromatic N) is 4. The molecule has 0 radical (unpaired) electrons. The van der Waals surface area contributed by atoms with E-state index in [1.54, 1.807) is 30.3 Å². The fourth-order valence-corrected chi connectivity index (χ4v) is 4.20. The van der Waals surface area contributed by atoms with Crippen molar-refractivity contribution in [3.8, 4) is 6.07 Å². The van der Waals surface area contributed by atoms with E-state index in [1.165, 1.54) is 21.7 Å². The Balaban J connectivity index is 1.63. The minimum Gasteiger partial charge on any atom is -0.369 e. The largest absolute Gasteiger partial charge is 0.369 e. The van der Waals surface area contributed by atoms with E-state index in [2.05, 4.69) is 16.5 Å². The predicted octanol–water partition coefficient (Wildman–Crippen LogP) is 2.18. The fraction of sp³-hybridized carbons (Fsp3) is 0.346. The number of rotatable bonds is 6. The Labute approximate surface area is 207 Å². The summed E-state index contributed by atoms with van der Waals surface area (Å²) in [5.41, 5.74) is 6.11. The maximum Gasteiger partial charge on any atom is 0.273 e. The van der Waals surface area contributed by atoms with Crippen LogP contribution in [0, 0.1) is 28.5 Å². The van der Waals surface area contributed by atoms with Gasteiger partial charge in [0.25, 0.3) is 5.91 Å². The van der Waals surface area contributed by atoms with Crippen LogP contribution in [0.25, 0.3) is 10.9 Å². The Morgan fingerprint density at radius 3 is 2.44 bits per heavy atom. The fourth-order valence-electron chi connectivity index (χ4n) is 4.20. The molecule has 4 rings (SSSR count). The molecular formula is C26H27FN6O3. The number of para-hydroxylation sites is 1. The molecule has 0 bridgehead atoms. The molecule has 3 aromatic rings. The summed E-state index contributed by atoms with van der Waals surface area (Å²) in [4.78, 5) is 39.4. The third-order valence-electron chi connectivity index (χ3n) is 6.34. The normalized spacial score (nSPS) is 14.7. The molecule has 9 nitrogen and oxygen atoms in total. The van der Waals surface area contributed by atoms with Crippen LogP contribution in [-0.4, -0.2) is 51.5 Å². The van der Waals surface area contributed by atoms with Crippen LogP contribution in [-0.2, 0) is 16.1 Å². The van der Waals surface area contributed by atoms with Crippen LogP contribution >= 0.6 is 0 Å². The molecule has 1 aliphatic rings. The number of hydrogen-bond donors (Lipinski definition) is 2. The minimum atomic E-state index is -0.897. The summed E-state index contributed by atoms with van der Waals surface area (Å²) >= 11 is 0. The Morgan fingerprint density at radius 1 is 1.19 bits per heavy atom. The number of nitrogens with one attached hydrogen (secondary N) is 1. The van der Waals surface area contributed by atoms with Crippen molar-refractivity contribution >= 4 is 28.6 Å². The lowest BCUT2D eigenvalue weighted by Crippen LogP contribution is -2.62. The summed E-state index contributed by atoms with van der Waals surface area (Å²) < 4.78 is 16.3. The molecular weight excluding hydrogens is 463 g/mol. The second-order valence-corrected chi connectivity index (χ2v) is 10.1. The van der Waals surface area contributed by atoms with Crippen LogP contribution in [0.4, 0.5) is 4.39 Å². The van der Waals surface area contributed by atoms with Crippen LogP contribution in [0.15, 0.2) is 42.5 Å². The van der Waals surface area contributed by atoms with Crippen molar-refractivity contribution in [3.63, 3.8) is 0 Å². The van der Waals surface area contributed by atoms with E-state index in [-0.39, 0.29) is 36.8 Å². The second-order valence-electron chi connectivity index (χ2n) is 10.1. The number of likely N-dealkylation sites (tertiary alicyclic amines) is 1. The minimum absolute atomic E-state index is 0.00110. The quantitative estimate of drug-likeness (QED) is 0.546. The first-order chi connectivity index (χ1) is 17.0. The van der Waals surface area contributed by atoms with Gasteiger partial charge in [-0.1, -0.05) is 45.0 Å². The number of carbonyl (C=O) groups is 3. The monoisotopic (exact) mass is 490 g/mol. The highest BCUT2D eigenvalue weighted by atomic mass is 19.1. The van der Waals surface area contributed by atoms with E-state index in [1.807, 2.05) is 20.8 Å². The van der Waals surface area contributed by atoms with E-state index >= 15 is 0 Å². The summed E-state index contributed by atoms with van der Waals surface area (Å²) in [6.07, 6.45) is 0. The van der Waals surface area contributed by atoms with Gasteiger partial charge in [-0.3, -0.25) is 19.1 Å². The molecule has 36 heavy (non-hydrogen) atoms. The average molecular weight is 491 g/mol. The molecule has 1 aliphatic heterocycles. The number of fused-ring (bicyclic) bond motifs is 1. The molecule has 10 heteroatoms. The van der Waals surface area contributed by atoms with Crippen LogP contribution in [0.2, 0.25) is 0 Å². The molecule has 2 aromatic carbocycles. The molecule has 3 amide bonds. The summed E-state index contributed by atoms with van der Waals surface area (Å²) in [6, 6.07) is 12.4. The van der Waals surface area contributed by atoms with Crippen molar-refractivity contribution in [1.82, 2.24) is 20.0 Å². The van der Waals surface area contributed by atoms with Crippen LogP contribution in [0.1, 0.15) is 42.4 Å². The predicted molar refractivity (Wildman–Crippen MR) is 130 cm³/mol. The van der Waals surface area contributed by atoms with Gasteiger partial charge >= 0.3 is 0 Å². The molecule has 2 heterocycles. The third kappa shape index (κ3) is 4.77. The van der Waals surface area contributed by atoms with Crippen molar-refractivity contribution in [2.24, 2.45) is 17.1 Å². The van der Waals surface area contributed by atoms with Gasteiger partial charge in [0.1, 0.15) is 17.4 Å². The maximum absolute atomic E-state index is 14.9. The van der Waals surface area contributed by atoms with Crippen LogP contribution < -0.4 is 11.1 Å². The van der Waals surface area contributed by atoms with Crippen molar-refractivity contribution < 1.29 is 18.8 Å². The zero-order valence-electron chi connectivity index (χ0n) is 20.3. The zero-order valence-corrected chi connectivity index (χ0v) is 20.3. The average Bonchev–Trinajstić information content (AvgIpc) is 3.15. The van der Waals surface area contributed by atoms with Crippen molar-refractivity contribution in [2.75, 3.05) is 13.1 Å². The van der Waals surface area contributed by atoms with Gasteiger partial charge < -0.3 is 16.0 Å². The standard InChI is InChI=1S/C26H27FN6O3/c1-26(2,3)22(25(36)32-13-17(14-32)23(29)34)30-24(35)20-18-5-4-6-19(27)21(18)33(31-20)12-16-9-7-15(11-28)8-10-16/h4-10,17,22H,12-14H2,1-3H3,(H2,29,34)(H,30,35)/t22-/m1/s1. The summed E-state index contributed by atoms with van der Waals surface area (Å²) in [6.45, 7) is 6.07. The van der Waals surface area contributed by atoms with E-state index in [0.717, 1.165) is 5.56 Å². The second kappa shape index (κ2) is 9.41. The first kappa shape index (κ1) is 24.9. The van der Waals surface area contributed by atoms with Gasteiger partial charge in [-0.15, -0.1) is 0 Å². The highest BCUT2D eigenvalue weighted by Crippen LogP contribution is 2.27. The first-order valence-electron chi connectivity index (χ1n) is 11.5. The van der Waals surface area contributed by atoms with Crippen molar-refractivity contribution in [2.45, 2.75) is 33.4 Å². The van der Waals surface area contributed by atoms with Gasteiger partial charge in [-0.2, -0.15) is 10.4 Å². The van der Waals surface area contributed by atoms with Gasteiger partial charge in [-0.05, 0) is 29.2 Å². The van der Waals surface area contributed by atoms with Crippen LogP contribution in [0.3, 0.4) is 0 Å². The number of benzene rings is 2. The molecule has 0 spiro atoms. The number of halogens is 1. The Morgan fingerprint density at radius 2 is 1.86 bits per heavy atom. The molecule has 1 saturated heterocycles. The van der Waals surface area contributed by atoms with Gasteiger partial charge in [0.05, 0.1) is 24.1 Å². The maximum atomic E-state index is 14.9. The van der Waals surface area contributed by atoms with E-state index < -0.39 is 35.0 Å². The van der Waals surface area contributed by atoms with Gasteiger partial charge in [-0.25, -0.2) is 4.39 Å². The Kier molecular flexibility index (Phi) is 6.50. The van der Waals surface area contributed by atoms with Gasteiger partial charge in [0, 0.05) is 18.5 Å². The number of nitrogens with two attached hydrogens (primary N) is 1. The van der Waals surface area contributed by atoms with Crippen LogP contribution in [0.5, 0.6) is 0 Å². The summed E-state index contributed by atoms with van der Waals surface area (Å²) in [5.74, 6) is -2.31. The van der Waals surface area contributed by atoms with Gasteiger partial charge in [0.15, 0.2) is 5.69 Å². The van der Waals surface area contributed by atoms with E-state index in [9.17, 15) is 18.8 Å². The number of carbonyl (C=O) groups excluding carboxylic acids is 3. The third-order valence-corrected chi connectivity index (χ3v) is 6.34. The Bertz CT molecular complexity index is 1380. The lowest BCUT2D eigenvalue weighted by atomic mass is 9.84. The van der Waals surface area contributed by atoms with E-state index in [0.29, 0.717) is 10.9 Å². The molecule has 0 aliphatic carbocycles. The number of aromatic nitrogens is 2. The molecule has 0 saturated carbocycles. The SMILES string of the molecule is CC(C)(C)[C@H](NC(=O)c1nn(Cc2ccc(C#N)cc2)c2c(F)cccc12)C(=O)N1CC(C(N)=O)C1. The zero-order chi connectivity index (χ0) is 26.2. The molecule has 1 fully saturated rings. The highest BCUT2D eigenvalue weighted by Gasteiger charge is 2.42. The smallest absolute Gasteiger partial charge is 0.273 e. The topological polar surface area (TPSA) is 134 Å². The summed E-state index contributed by atoms with van der Waals surface area (Å²) in [7, 11) is 0. The molecule has 1 atom stereocenters. The summed E-state index contributed by atoms with van der Waals surface area (Å²) in [5, 5.41) is 16.5. The highest BCUT2D eigenvalue weighted by molar-refractivity contribution is 6.06. The number of amides is 3.